The molecule has 0 aromatic heterocycles. The van der Waals surface area contributed by atoms with Crippen molar-refractivity contribution >= 4 is 27.6 Å². The first-order valence-electron chi connectivity index (χ1n) is 9.02. The van der Waals surface area contributed by atoms with Crippen LogP contribution < -0.4 is 5.32 Å². The van der Waals surface area contributed by atoms with Gasteiger partial charge in [-0.15, -0.1) is 0 Å². The summed E-state index contributed by atoms with van der Waals surface area (Å²) in [6.45, 7) is 5.25. The van der Waals surface area contributed by atoms with Gasteiger partial charge < -0.3 is 10.1 Å². The number of esters is 1. The van der Waals surface area contributed by atoms with E-state index in [9.17, 15) is 22.4 Å². The van der Waals surface area contributed by atoms with Crippen LogP contribution in [-0.4, -0.2) is 44.3 Å². The molecule has 0 saturated carbocycles. The highest BCUT2D eigenvalue weighted by Gasteiger charge is 2.22. The highest BCUT2D eigenvalue weighted by atomic mass is 32.2. The minimum Gasteiger partial charge on any atom is -0.452 e. The number of aryl methyl sites for hydroxylation is 1. The van der Waals surface area contributed by atoms with Gasteiger partial charge in [-0.3, -0.25) is 4.79 Å². The number of rotatable bonds is 8. The molecule has 0 saturated heterocycles. The molecule has 0 unspecified atom stereocenters. The lowest BCUT2D eigenvalue weighted by Crippen LogP contribution is -2.30. The summed E-state index contributed by atoms with van der Waals surface area (Å²) in [6, 6.07) is 9.58. The highest BCUT2D eigenvalue weighted by molar-refractivity contribution is 7.89. The second-order valence-electron chi connectivity index (χ2n) is 6.22. The van der Waals surface area contributed by atoms with Crippen LogP contribution in [0.3, 0.4) is 0 Å². The van der Waals surface area contributed by atoms with Crippen LogP contribution in [-0.2, 0) is 19.6 Å². The van der Waals surface area contributed by atoms with E-state index in [2.05, 4.69) is 5.32 Å². The van der Waals surface area contributed by atoms with E-state index >= 15 is 0 Å². The number of carbonyl (C=O) groups excluding carboxylic acids is 2. The number of anilines is 1. The topological polar surface area (TPSA) is 92.8 Å². The van der Waals surface area contributed by atoms with Gasteiger partial charge in [-0.1, -0.05) is 19.9 Å². The predicted octanol–water partition coefficient (Wildman–Crippen LogP) is 2.96. The fourth-order valence-corrected chi connectivity index (χ4v) is 4.06. The second-order valence-corrected chi connectivity index (χ2v) is 8.16. The molecule has 0 aliphatic heterocycles. The molecule has 9 heteroatoms. The molecular formula is C20H23FN2O5S. The van der Waals surface area contributed by atoms with Gasteiger partial charge in [0, 0.05) is 13.1 Å². The largest absolute Gasteiger partial charge is 0.452 e. The van der Waals surface area contributed by atoms with Gasteiger partial charge in [0.25, 0.3) is 5.91 Å². The molecule has 1 amide bonds. The molecule has 29 heavy (non-hydrogen) atoms. The maximum Gasteiger partial charge on any atom is 0.338 e. The zero-order valence-electron chi connectivity index (χ0n) is 16.4. The predicted molar refractivity (Wildman–Crippen MR) is 107 cm³/mol. The monoisotopic (exact) mass is 422 g/mol. The zero-order chi connectivity index (χ0) is 21.6. The van der Waals surface area contributed by atoms with Crippen LogP contribution in [0.5, 0.6) is 0 Å². The minimum absolute atomic E-state index is 0.0115. The third-order valence-corrected chi connectivity index (χ3v) is 6.23. The first-order valence-corrected chi connectivity index (χ1v) is 10.5. The molecule has 0 aliphatic rings. The van der Waals surface area contributed by atoms with Crippen molar-refractivity contribution in [2.24, 2.45) is 0 Å². The molecule has 2 aromatic rings. The third-order valence-electron chi connectivity index (χ3n) is 4.17. The van der Waals surface area contributed by atoms with E-state index in [-0.39, 0.29) is 16.1 Å². The number of nitrogens with zero attached hydrogens (tertiary/aromatic N) is 1. The van der Waals surface area contributed by atoms with Gasteiger partial charge in [0.2, 0.25) is 10.0 Å². The van der Waals surface area contributed by atoms with Gasteiger partial charge in [0.1, 0.15) is 5.82 Å². The Bertz CT molecular complexity index is 986. The van der Waals surface area contributed by atoms with Crippen molar-refractivity contribution in [1.29, 1.82) is 0 Å². The van der Waals surface area contributed by atoms with Gasteiger partial charge in [-0.25, -0.2) is 17.6 Å². The lowest BCUT2D eigenvalue weighted by atomic mass is 10.2. The Kier molecular flexibility index (Phi) is 7.46. The molecule has 156 valence electrons. The van der Waals surface area contributed by atoms with E-state index in [0.717, 1.165) is 0 Å². The summed E-state index contributed by atoms with van der Waals surface area (Å²) in [6.07, 6.45) is 0. The number of nitrogens with one attached hydrogen (secondary N) is 1. The van der Waals surface area contributed by atoms with E-state index in [4.69, 9.17) is 4.74 Å². The van der Waals surface area contributed by atoms with Gasteiger partial charge in [0.15, 0.2) is 6.61 Å². The second kappa shape index (κ2) is 9.62. The Morgan fingerprint density at radius 3 is 2.24 bits per heavy atom. The minimum atomic E-state index is -3.63. The lowest BCUT2D eigenvalue weighted by molar-refractivity contribution is -0.119. The Morgan fingerprint density at radius 2 is 1.69 bits per heavy atom. The molecule has 0 bridgehead atoms. The molecule has 0 radical (unpaired) electrons. The maximum absolute atomic E-state index is 13.7. The summed E-state index contributed by atoms with van der Waals surface area (Å²) in [4.78, 5) is 24.0. The SMILES string of the molecule is CCN(CC)S(=O)(=O)c1ccc(C(=O)OCC(=O)Nc2ccc(C)cc2F)cc1. The van der Waals surface area contributed by atoms with Crippen LogP contribution in [0.4, 0.5) is 10.1 Å². The number of sulfonamides is 1. The van der Waals surface area contributed by atoms with Crippen LogP contribution >= 0.6 is 0 Å². The number of ether oxygens (including phenoxy) is 1. The molecule has 0 heterocycles. The Morgan fingerprint density at radius 1 is 1.07 bits per heavy atom. The summed E-state index contributed by atoms with van der Waals surface area (Å²) in [5.41, 5.74) is 0.791. The summed E-state index contributed by atoms with van der Waals surface area (Å²) < 4.78 is 44.8. The van der Waals surface area contributed by atoms with E-state index in [1.165, 1.54) is 40.7 Å². The average Bonchev–Trinajstić information content (AvgIpc) is 2.69. The first-order chi connectivity index (χ1) is 13.7. The summed E-state index contributed by atoms with van der Waals surface area (Å²) >= 11 is 0. The Hall–Kier alpha value is -2.78. The standard InChI is InChI=1S/C20H23FN2O5S/c1-4-23(5-2)29(26,27)16-9-7-15(8-10-16)20(25)28-13-19(24)22-18-11-6-14(3)12-17(18)21/h6-12H,4-5,13H2,1-3H3,(H,22,24). The molecule has 2 aromatic carbocycles. The van der Waals surface area contributed by atoms with Gasteiger partial charge in [-0.2, -0.15) is 4.31 Å². The van der Waals surface area contributed by atoms with Crippen LogP contribution in [0, 0.1) is 12.7 Å². The summed E-state index contributed by atoms with van der Waals surface area (Å²) in [5, 5.41) is 2.32. The van der Waals surface area contributed by atoms with Crippen molar-refractivity contribution in [3.05, 3.63) is 59.4 Å². The molecule has 7 nitrogen and oxygen atoms in total. The number of hydrogen-bond donors (Lipinski definition) is 1. The summed E-state index contributed by atoms with van der Waals surface area (Å²) in [5.74, 6) is -2.08. The van der Waals surface area contributed by atoms with Crippen LogP contribution in [0.15, 0.2) is 47.4 Å². The van der Waals surface area contributed by atoms with Gasteiger partial charge in [-0.05, 0) is 48.9 Å². The van der Waals surface area contributed by atoms with E-state index in [1.54, 1.807) is 26.8 Å². The highest BCUT2D eigenvalue weighted by Crippen LogP contribution is 2.17. The van der Waals surface area contributed by atoms with Crippen molar-refractivity contribution < 1.29 is 27.1 Å². The molecule has 2 rings (SSSR count). The maximum atomic E-state index is 13.7. The van der Waals surface area contributed by atoms with Crippen molar-refractivity contribution in [3.63, 3.8) is 0 Å². The average molecular weight is 422 g/mol. The van der Waals surface area contributed by atoms with Crippen molar-refractivity contribution in [2.75, 3.05) is 25.0 Å². The van der Waals surface area contributed by atoms with E-state index in [0.29, 0.717) is 18.7 Å². The van der Waals surface area contributed by atoms with Gasteiger partial charge >= 0.3 is 5.97 Å². The van der Waals surface area contributed by atoms with Crippen molar-refractivity contribution in [2.45, 2.75) is 25.7 Å². The first kappa shape index (κ1) is 22.5. The Balaban J connectivity index is 1.98. The molecular weight excluding hydrogens is 399 g/mol. The molecule has 0 fully saturated rings. The fourth-order valence-electron chi connectivity index (χ4n) is 2.60. The van der Waals surface area contributed by atoms with Crippen molar-refractivity contribution in [3.8, 4) is 0 Å². The number of benzene rings is 2. The zero-order valence-corrected chi connectivity index (χ0v) is 17.3. The molecule has 0 aliphatic carbocycles. The van der Waals surface area contributed by atoms with Gasteiger partial charge in [0.05, 0.1) is 16.1 Å². The number of hydrogen-bond acceptors (Lipinski definition) is 5. The van der Waals surface area contributed by atoms with E-state index < -0.39 is 34.3 Å². The summed E-state index contributed by atoms with van der Waals surface area (Å²) in [7, 11) is -3.63. The molecule has 1 N–H and O–H groups in total. The lowest BCUT2D eigenvalue weighted by Gasteiger charge is -2.18. The van der Waals surface area contributed by atoms with Crippen LogP contribution in [0.25, 0.3) is 0 Å². The molecule has 0 atom stereocenters. The van der Waals surface area contributed by atoms with Crippen LogP contribution in [0.2, 0.25) is 0 Å². The number of amides is 1. The fraction of sp³-hybridized carbons (Fsp3) is 0.300. The normalized spacial score (nSPS) is 11.3. The quantitative estimate of drug-likeness (QED) is 0.661. The number of halogens is 1. The molecule has 0 spiro atoms. The third kappa shape index (κ3) is 5.61. The van der Waals surface area contributed by atoms with Crippen LogP contribution in [0.1, 0.15) is 29.8 Å². The van der Waals surface area contributed by atoms with Crippen molar-refractivity contribution in [1.82, 2.24) is 4.31 Å². The smallest absolute Gasteiger partial charge is 0.338 e. The Labute approximate surface area is 169 Å². The van der Waals surface area contributed by atoms with E-state index in [1.807, 2.05) is 0 Å². The number of carbonyl (C=O) groups is 2.